The number of ether oxygens (including phenoxy) is 1. The molecule has 2 aromatic carbocycles. The second-order valence-corrected chi connectivity index (χ2v) is 13.1. The first-order valence-electron chi connectivity index (χ1n) is 10.4. The van der Waals surface area contributed by atoms with Gasteiger partial charge < -0.3 is 9.64 Å². The van der Waals surface area contributed by atoms with Crippen molar-refractivity contribution in [1.29, 1.82) is 0 Å². The molecule has 1 aliphatic heterocycles. The van der Waals surface area contributed by atoms with Gasteiger partial charge in [-0.3, -0.25) is 0 Å². The summed E-state index contributed by atoms with van der Waals surface area (Å²) in [5.74, 6) is 1.03. The van der Waals surface area contributed by atoms with Crippen LogP contribution in [0.25, 0.3) is 5.70 Å². The van der Waals surface area contributed by atoms with Crippen molar-refractivity contribution < 1.29 is 4.74 Å². The van der Waals surface area contributed by atoms with Crippen LogP contribution in [0, 0.1) is 0 Å². The Labute approximate surface area is 170 Å². The van der Waals surface area contributed by atoms with Crippen LogP contribution in [0.5, 0.6) is 5.75 Å². The van der Waals surface area contributed by atoms with E-state index in [2.05, 4.69) is 80.0 Å². The lowest BCUT2D eigenvalue weighted by Gasteiger charge is -2.33. The van der Waals surface area contributed by atoms with Gasteiger partial charge in [0.05, 0.1) is 8.07 Å². The summed E-state index contributed by atoms with van der Waals surface area (Å²) >= 11 is 0. The highest BCUT2D eigenvalue weighted by Gasteiger charge is 2.44. The highest BCUT2D eigenvalue weighted by molar-refractivity contribution is 6.92. The summed E-state index contributed by atoms with van der Waals surface area (Å²) in [5, 5.41) is 1.40. The van der Waals surface area contributed by atoms with E-state index in [1.54, 1.807) is 5.57 Å². The molecule has 0 bridgehead atoms. The molecule has 4 rings (SSSR count). The van der Waals surface area contributed by atoms with Crippen LogP contribution in [0.2, 0.25) is 13.1 Å². The van der Waals surface area contributed by atoms with Gasteiger partial charge in [-0.15, -0.1) is 0 Å². The fraction of sp³-hybridized carbons (Fsp3) is 0.360. The van der Waals surface area contributed by atoms with Crippen LogP contribution in [0.1, 0.15) is 36.4 Å². The smallest absolute Gasteiger partial charge is 0.119 e. The zero-order chi connectivity index (χ0) is 19.7. The Balaban J connectivity index is 1.82. The summed E-state index contributed by atoms with van der Waals surface area (Å²) in [6.45, 7) is 14.1. The van der Waals surface area contributed by atoms with Crippen LogP contribution in [0.4, 0.5) is 0 Å². The number of para-hydroxylation sites is 1. The first-order valence-corrected chi connectivity index (χ1v) is 13.5. The largest absolute Gasteiger partial charge is 0.490 e. The van der Waals surface area contributed by atoms with E-state index in [9.17, 15) is 0 Å². The molecule has 1 saturated heterocycles. The zero-order valence-electron chi connectivity index (χ0n) is 17.4. The molecule has 1 fully saturated rings. The van der Waals surface area contributed by atoms with E-state index < -0.39 is 8.07 Å². The minimum absolute atomic E-state index is 0.479. The van der Waals surface area contributed by atoms with Crippen molar-refractivity contribution in [3.8, 4) is 5.75 Å². The molecule has 0 aromatic heterocycles. The van der Waals surface area contributed by atoms with E-state index >= 15 is 0 Å². The summed E-state index contributed by atoms with van der Waals surface area (Å²) in [7, 11) is -1.89. The summed E-state index contributed by atoms with van der Waals surface area (Å²) in [4.78, 5) is 2.62. The van der Waals surface area contributed by atoms with Gasteiger partial charge in [-0.05, 0) is 42.2 Å². The van der Waals surface area contributed by atoms with Crippen LogP contribution in [-0.4, -0.2) is 32.7 Å². The van der Waals surface area contributed by atoms with Crippen molar-refractivity contribution >= 4 is 19.0 Å². The predicted octanol–water partition coefficient (Wildman–Crippen LogP) is 5.33. The lowest BCUT2D eigenvalue weighted by Crippen LogP contribution is -2.48. The zero-order valence-corrected chi connectivity index (χ0v) is 18.4. The Morgan fingerprint density at radius 1 is 1.07 bits per heavy atom. The van der Waals surface area contributed by atoms with Gasteiger partial charge >= 0.3 is 0 Å². The number of rotatable bonds is 6. The average molecular weight is 390 g/mol. The lowest BCUT2D eigenvalue weighted by molar-refractivity contribution is 0.366. The summed E-state index contributed by atoms with van der Waals surface area (Å²) in [6, 6.07) is 17.7. The van der Waals surface area contributed by atoms with E-state index in [1.165, 1.54) is 47.9 Å². The Morgan fingerprint density at radius 2 is 1.75 bits per heavy atom. The fourth-order valence-electron chi connectivity index (χ4n) is 5.27. The van der Waals surface area contributed by atoms with Crippen molar-refractivity contribution in [2.45, 2.75) is 38.4 Å². The number of hydrogen-bond acceptors (Lipinski definition) is 2. The third-order valence-electron chi connectivity index (χ3n) is 6.42. The minimum atomic E-state index is -1.89. The monoisotopic (exact) mass is 389 g/mol. The molecule has 0 saturated carbocycles. The van der Waals surface area contributed by atoms with Gasteiger partial charge in [0.15, 0.2) is 0 Å². The van der Waals surface area contributed by atoms with Gasteiger partial charge in [0, 0.05) is 29.9 Å². The molecular weight excluding hydrogens is 358 g/mol. The number of fused-ring (bicyclic) bond motifs is 1. The number of nitrogens with zero attached hydrogens (tertiary/aromatic N) is 1. The molecule has 0 radical (unpaired) electrons. The first-order chi connectivity index (χ1) is 13.6. The minimum Gasteiger partial charge on any atom is -0.490 e. The predicted molar refractivity (Wildman–Crippen MR) is 122 cm³/mol. The van der Waals surface area contributed by atoms with Gasteiger partial charge in [-0.25, -0.2) is 0 Å². The number of likely N-dealkylation sites (tertiary alicyclic amines) is 1. The van der Waals surface area contributed by atoms with Crippen LogP contribution in [0.15, 0.2) is 66.8 Å². The number of benzene rings is 2. The summed E-state index contributed by atoms with van der Waals surface area (Å²) < 4.78 is 6.07. The standard InChI is InChI=1S/C25H31NOSi/c1-5-18-27-22-14-8-9-15-23(22)28(3,4)25-19(2)24(26-16-10-11-17-26)20-12-6-7-13-21(20)25/h5-9,12-15,25H,1,10-11,16-18H2,2-4H3. The van der Waals surface area contributed by atoms with Gasteiger partial charge in [0.25, 0.3) is 0 Å². The molecular formula is C25H31NOSi. The molecule has 1 heterocycles. The third kappa shape index (κ3) is 3.12. The van der Waals surface area contributed by atoms with Gasteiger partial charge in [0.2, 0.25) is 0 Å². The molecule has 2 nitrogen and oxygen atoms in total. The molecule has 2 aliphatic rings. The Kier molecular flexibility index (Phi) is 5.20. The molecule has 28 heavy (non-hydrogen) atoms. The Bertz CT molecular complexity index is 908. The van der Waals surface area contributed by atoms with Gasteiger partial charge in [-0.1, -0.05) is 68.2 Å². The van der Waals surface area contributed by atoms with E-state index in [0.29, 0.717) is 12.1 Å². The summed E-state index contributed by atoms with van der Waals surface area (Å²) in [6.07, 6.45) is 4.44. The quantitative estimate of drug-likeness (QED) is 0.489. The molecule has 1 unspecified atom stereocenters. The Morgan fingerprint density at radius 3 is 2.50 bits per heavy atom. The molecule has 2 aromatic rings. The van der Waals surface area contributed by atoms with Gasteiger partial charge in [-0.2, -0.15) is 0 Å². The molecule has 0 amide bonds. The van der Waals surface area contributed by atoms with Gasteiger partial charge in [0.1, 0.15) is 12.4 Å². The van der Waals surface area contributed by atoms with Crippen LogP contribution in [0.3, 0.4) is 0 Å². The van der Waals surface area contributed by atoms with Crippen molar-refractivity contribution in [2.75, 3.05) is 19.7 Å². The molecule has 0 spiro atoms. The third-order valence-corrected chi connectivity index (χ3v) is 10.4. The molecule has 1 atom stereocenters. The normalized spacial score (nSPS) is 19.1. The SMILES string of the molecule is C=CCOc1ccccc1[Si](C)(C)C1C(C)=C(N2CCCC2)c2ccccc21. The van der Waals surface area contributed by atoms with Crippen molar-refractivity contribution in [3.05, 3.63) is 77.9 Å². The van der Waals surface area contributed by atoms with E-state index in [0.717, 1.165) is 5.75 Å². The number of hydrogen-bond donors (Lipinski definition) is 0. The van der Waals surface area contributed by atoms with E-state index in [4.69, 9.17) is 4.74 Å². The van der Waals surface area contributed by atoms with Crippen molar-refractivity contribution in [2.24, 2.45) is 0 Å². The van der Waals surface area contributed by atoms with Crippen LogP contribution >= 0.6 is 0 Å². The van der Waals surface area contributed by atoms with E-state index in [-0.39, 0.29) is 0 Å². The van der Waals surface area contributed by atoms with Crippen LogP contribution in [-0.2, 0) is 0 Å². The molecule has 3 heteroatoms. The highest BCUT2D eigenvalue weighted by atomic mass is 28.3. The van der Waals surface area contributed by atoms with Crippen LogP contribution < -0.4 is 9.92 Å². The molecule has 146 valence electrons. The molecule has 0 N–H and O–H groups in total. The molecule has 1 aliphatic carbocycles. The van der Waals surface area contributed by atoms with E-state index in [1.807, 2.05) is 6.08 Å². The maximum Gasteiger partial charge on any atom is 0.119 e. The maximum absolute atomic E-state index is 6.07. The first kappa shape index (κ1) is 19.1. The van der Waals surface area contributed by atoms with Crippen molar-refractivity contribution in [3.63, 3.8) is 0 Å². The maximum atomic E-state index is 6.07. The lowest BCUT2D eigenvalue weighted by atomic mass is 10.1. The highest BCUT2D eigenvalue weighted by Crippen LogP contribution is 2.48. The average Bonchev–Trinajstić information content (AvgIpc) is 3.31. The van der Waals surface area contributed by atoms with Crippen molar-refractivity contribution in [1.82, 2.24) is 4.90 Å². The second kappa shape index (κ2) is 7.63. The number of allylic oxidation sites excluding steroid dienone is 1. The fourth-order valence-corrected chi connectivity index (χ4v) is 9.14. The Hall–Kier alpha value is -2.26. The topological polar surface area (TPSA) is 12.5 Å². The second-order valence-electron chi connectivity index (χ2n) is 8.56. The summed E-state index contributed by atoms with van der Waals surface area (Å²) in [5.41, 5.74) is 6.50.